The van der Waals surface area contributed by atoms with Crippen LogP contribution in [0.5, 0.6) is 0 Å². The normalized spacial score (nSPS) is 10.8. The van der Waals surface area contributed by atoms with Crippen molar-refractivity contribution in [2.24, 2.45) is 0 Å². The van der Waals surface area contributed by atoms with E-state index in [-0.39, 0.29) is 27.2 Å². The molecule has 2 aromatic carbocycles. The summed E-state index contributed by atoms with van der Waals surface area (Å²) in [4.78, 5) is 34.6. The van der Waals surface area contributed by atoms with Crippen LogP contribution in [0.1, 0.15) is 0 Å². The lowest BCUT2D eigenvalue weighted by atomic mass is 10.2. The highest BCUT2D eigenvalue weighted by molar-refractivity contribution is 6.32. The Morgan fingerprint density at radius 2 is 1.77 bits per heavy atom. The standard InChI is InChI=1S/C14H8ClN3O4/c15-11-7-8(18(21)22)5-6-12(11)17-14(20)10-4-2-1-3-9(10)13(19)16-17/h1-7H,(H,16,19). The van der Waals surface area contributed by atoms with Gasteiger partial charge in [0.15, 0.2) is 0 Å². The lowest BCUT2D eigenvalue weighted by molar-refractivity contribution is -0.384. The fraction of sp³-hybridized carbons (Fsp3) is 0. The maximum atomic E-state index is 12.5. The molecule has 1 N–H and O–H groups in total. The fourth-order valence-corrected chi connectivity index (χ4v) is 2.42. The van der Waals surface area contributed by atoms with Gasteiger partial charge >= 0.3 is 0 Å². The lowest BCUT2D eigenvalue weighted by Gasteiger charge is -2.08. The Morgan fingerprint density at radius 1 is 1.09 bits per heavy atom. The molecule has 0 fully saturated rings. The maximum absolute atomic E-state index is 12.5. The van der Waals surface area contributed by atoms with Gasteiger partial charge in [0.05, 0.1) is 26.4 Å². The molecule has 0 atom stereocenters. The molecule has 0 bridgehead atoms. The van der Waals surface area contributed by atoms with Gasteiger partial charge < -0.3 is 0 Å². The summed E-state index contributed by atoms with van der Waals surface area (Å²) in [6, 6.07) is 10.0. The summed E-state index contributed by atoms with van der Waals surface area (Å²) >= 11 is 6.00. The zero-order chi connectivity index (χ0) is 15.9. The largest absolute Gasteiger partial charge is 0.277 e. The van der Waals surface area contributed by atoms with Gasteiger partial charge in [-0.05, 0) is 18.2 Å². The Morgan fingerprint density at radius 3 is 2.41 bits per heavy atom. The zero-order valence-corrected chi connectivity index (χ0v) is 11.7. The zero-order valence-electron chi connectivity index (χ0n) is 10.9. The number of hydrogen-bond acceptors (Lipinski definition) is 4. The molecule has 0 unspecified atom stereocenters. The third-order valence-electron chi connectivity index (χ3n) is 3.20. The molecule has 0 aliphatic carbocycles. The Kier molecular flexibility index (Phi) is 3.26. The van der Waals surface area contributed by atoms with Crippen LogP contribution in [0.4, 0.5) is 5.69 Å². The molecule has 8 heteroatoms. The Labute approximate surface area is 127 Å². The molecule has 0 saturated heterocycles. The fourth-order valence-electron chi connectivity index (χ4n) is 2.16. The molecule has 0 amide bonds. The van der Waals surface area contributed by atoms with E-state index in [2.05, 4.69) is 5.10 Å². The number of nitrogens with one attached hydrogen (secondary N) is 1. The molecular formula is C14H8ClN3O4. The third-order valence-corrected chi connectivity index (χ3v) is 3.50. The third kappa shape index (κ3) is 2.17. The first-order chi connectivity index (χ1) is 10.5. The molecule has 3 rings (SSSR count). The Balaban J connectivity index is 2.32. The van der Waals surface area contributed by atoms with Crippen LogP contribution in [0.3, 0.4) is 0 Å². The van der Waals surface area contributed by atoms with E-state index >= 15 is 0 Å². The van der Waals surface area contributed by atoms with E-state index in [1.807, 2.05) is 0 Å². The van der Waals surface area contributed by atoms with Gasteiger partial charge in [-0.3, -0.25) is 24.8 Å². The van der Waals surface area contributed by atoms with E-state index in [1.54, 1.807) is 12.1 Å². The van der Waals surface area contributed by atoms with Crippen molar-refractivity contribution < 1.29 is 4.92 Å². The summed E-state index contributed by atoms with van der Waals surface area (Å²) in [5.41, 5.74) is -0.958. The second-order valence-electron chi connectivity index (χ2n) is 4.52. The van der Waals surface area contributed by atoms with E-state index in [4.69, 9.17) is 11.6 Å². The number of nitrogens with zero attached hydrogens (tertiary/aromatic N) is 2. The van der Waals surface area contributed by atoms with Crippen molar-refractivity contribution in [3.05, 3.63) is 78.3 Å². The predicted octanol–water partition coefficient (Wildman–Crippen LogP) is 2.24. The first-order valence-electron chi connectivity index (χ1n) is 6.17. The number of nitro benzene ring substituents is 1. The second-order valence-corrected chi connectivity index (χ2v) is 4.93. The number of nitro groups is 1. The topological polar surface area (TPSA) is 98.0 Å². The van der Waals surface area contributed by atoms with Crippen LogP contribution in [-0.2, 0) is 0 Å². The van der Waals surface area contributed by atoms with Crippen molar-refractivity contribution >= 4 is 28.1 Å². The number of rotatable bonds is 2. The molecule has 1 heterocycles. The van der Waals surface area contributed by atoms with Gasteiger partial charge in [0.1, 0.15) is 0 Å². The number of benzene rings is 2. The average molecular weight is 318 g/mol. The number of halogens is 1. The molecule has 0 spiro atoms. The number of H-pyrrole nitrogens is 1. The monoisotopic (exact) mass is 317 g/mol. The minimum absolute atomic E-state index is 0.0118. The van der Waals surface area contributed by atoms with Crippen molar-refractivity contribution in [1.82, 2.24) is 9.78 Å². The summed E-state index contributed by atoms with van der Waals surface area (Å²) in [6.45, 7) is 0. The minimum Gasteiger partial charge on any atom is -0.267 e. The Bertz CT molecular complexity index is 1020. The van der Waals surface area contributed by atoms with Gasteiger partial charge in [0.2, 0.25) is 0 Å². The number of aromatic nitrogens is 2. The van der Waals surface area contributed by atoms with Gasteiger partial charge in [0, 0.05) is 12.1 Å². The van der Waals surface area contributed by atoms with E-state index < -0.39 is 16.0 Å². The number of fused-ring (bicyclic) bond motifs is 1. The maximum Gasteiger partial charge on any atom is 0.277 e. The number of non-ortho nitro benzene ring substituents is 1. The summed E-state index contributed by atoms with van der Waals surface area (Å²) < 4.78 is 0.983. The van der Waals surface area contributed by atoms with Gasteiger partial charge in [0.25, 0.3) is 16.8 Å². The van der Waals surface area contributed by atoms with Crippen molar-refractivity contribution in [1.29, 1.82) is 0 Å². The van der Waals surface area contributed by atoms with Gasteiger partial charge in [-0.25, -0.2) is 4.68 Å². The smallest absolute Gasteiger partial charge is 0.267 e. The van der Waals surface area contributed by atoms with Crippen LogP contribution in [0, 0.1) is 10.1 Å². The van der Waals surface area contributed by atoms with Crippen LogP contribution < -0.4 is 11.1 Å². The van der Waals surface area contributed by atoms with E-state index in [0.29, 0.717) is 0 Å². The molecule has 0 radical (unpaired) electrons. The summed E-state index contributed by atoms with van der Waals surface area (Å²) in [5, 5.41) is 13.6. The minimum atomic E-state index is -0.596. The summed E-state index contributed by atoms with van der Waals surface area (Å²) in [6.07, 6.45) is 0. The van der Waals surface area contributed by atoms with Crippen LogP contribution in [0.2, 0.25) is 5.02 Å². The molecule has 0 aliphatic heterocycles. The molecule has 0 aliphatic rings. The van der Waals surface area contributed by atoms with Crippen molar-refractivity contribution in [3.8, 4) is 5.69 Å². The SMILES string of the molecule is O=c1[nH]n(-c2ccc([N+](=O)[O-])cc2Cl)c(=O)c2ccccc12. The van der Waals surface area contributed by atoms with Crippen molar-refractivity contribution in [2.45, 2.75) is 0 Å². The molecule has 7 nitrogen and oxygen atoms in total. The summed E-state index contributed by atoms with van der Waals surface area (Å²) in [7, 11) is 0. The first-order valence-corrected chi connectivity index (χ1v) is 6.55. The Hall–Kier alpha value is -2.93. The highest BCUT2D eigenvalue weighted by atomic mass is 35.5. The van der Waals surface area contributed by atoms with Crippen LogP contribution in [0.15, 0.2) is 52.1 Å². The highest BCUT2D eigenvalue weighted by Crippen LogP contribution is 2.24. The van der Waals surface area contributed by atoms with Gasteiger partial charge in [-0.15, -0.1) is 0 Å². The van der Waals surface area contributed by atoms with E-state index in [9.17, 15) is 19.7 Å². The molecule has 0 saturated carbocycles. The van der Waals surface area contributed by atoms with Crippen LogP contribution in [0.25, 0.3) is 16.5 Å². The quantitative estimate of drug-likeness (QED) is 0.579. The molecule has 110 valence electrons. The molecule has 1 aromatic heterocycles. The lowest BCUT2D eigenvalue weighted by Crippen LogP contribution is -2.28. The van der Waals surface area contributed by atoms with E-state index in [1.165, 1.54) is 24.3 Å². The van der Waals surface area contributed by atoms with E-state index in [0.717, 1.165) is 10.7 Å². The molecule has 3 aromatic rings. The molecule has 22 heavy (non-hydrogen) atoms. The first kappa shape index (κ1) is 14.0. The second kappa shape index (κ2) is 5.12. The van der Waals surface area contributed by atoms with Crippen molar-refractivity contribution in [2.75, 3.05) is 0 Å². The highest BCUT2D eigenvalue weighted by Gasteiger charge is 2.14. The van der Waals surface area contributed by atoms with Crippen molar-refractivity contribution in [3.63, 3.8) is 0 Å². The average Bonchev–Trinajstić information content (AvgIpc) is 2.51. The molecular weight excluding hydrogens is 310 g/mol. The van der Waals surface area contributed by atoms with Gasteiger partial charge in [-0.1, -0.05) is 23.7 Å². The predicted molar refractivity (Wildman–Crippen MR) is 81.8 cm³/mol. The van der Waals surface area contributed by atoms with Crippen LogP contribution in [-0.4, -0.2) is 14.7 Å². The van der Waals surface area contributed by atoms with Gasteiger partial charge in [-0.2, -0.15) is 0 Å². The number of aromatic amines is 1. The summed E-state index contributed by atoms with van der Waals surface area (Å²) in [5.74, 6) is 0. The number of hydrogen-bond donors (Lipinski definition) is 1. The van der Waals surface area contributed by atoms with Crippen LogP contribution >= 0.6 is 11.6 Å².